The molecule has 1 aromatic carbocycles. The molecule has 1 saturated heterocycles. The van der Waals surface area contributed by atoms with E-state index >= 15 is 0 Å². The predicted octanol–water partition coefficient (Wildman–Crippen LogP) is 4.65. The molecule has 1 spiro atoms. The number of carbonyl (C=O) groups excluding carboxylic acids is 2. The minimum atomic E-state index is -4.57. The molecule has 0 atom stereocenters. The normalized spacial score (nSPS) is 16.4. The van der Waals surface area contributed by atoms with Crippen LogP contribution in [0.4, 0.5) is 13.2 Å². The van der Waals surface area contributed by atoms with Crippen LogP contribution in [0, 0.1) is 0 Å². The molecule has 1 amide bonds. The number of piperidine rings is 1. The van der Waals surface area contributed by atoms with Crippen molar-refractivity contribution in [1.82, 2.24) is 24.6 Å². The third kappa shape index (κ3) is 4.00. The summed E-state index contributed by atoms with van der Waals surface area (Å²) in [6.07, 6.45) is 0.543. The summed E-state index contributed by atoms with van der Waals surface area (Å²) in [6.45, 7) is 0.694. The highest BCUT2D eigenvalue weighted by Crippen LogP contribution is 2.44. The van der Waals surface area contributed by atoms with Gasteiger partial charge in [0, 0.05) is 49.5 Å². The van der Waals surface area contributed by atoms with Gasteiger partial charge in [0.2, 0.25) is 0 Å². The van der Waals surface area contributed by atoms with E-state index in [2.05, 4.69) is 15.1 Å². The van der Waals surface area contributed by atoms with Crippen LogP contribution in [0.1, 0.15) is 44.9 Å². The first-order chi connectivity index (χ1) is 18.2. The van der Waals surface area contributed by atoms with Crippen LogP contribution in [0.25, 0.3) is 16.9 Å². The lowest BCUT2D eigenvalue weighted by molar-refractivity contribution is -0.141. The summed E-state index contributed by atoms with van der Waals surface area (Å²) in [5.74, 6) is -0.683. The van der Waals surface area contributed by atoms with E-state index in [1.54, 1.807) is 47.6 Å². The number of amides is 1. The highest BCUT2D eigenvalue weighted by atomic mass is 19.4. The second kappa shape index (κ2) is 8.79. The molecule has 0 radical (unpaired) electrons. The van der Waals surface area contributed by atoms with Gasteiger partial charge in [0.25, 0.3) is 5.91 Å². The SMILES string of the molecule is O=C1OC2(CCN(C(=O)c3cc(-c4ccncc4)n(-c4ccc(C(F)(F)F)nc4)n3)CC2)c2ccccc21. The van der Waals surface area contributed by atoms with Crippen molar-refractivity contribution in [2.24, 2.45) is 0 Å². The maximum atomic E-state index is 13.5. The molecule has 6 rings (SSSR count). The van der Waals surface area contributed by atoms with Gasteiger partial charge in [0.1, 0.15) is 11.3 Å². The minimum absolute atomic E-state index is 0.136. The van der Waals surface area contributed by atoms with Crippen LogP contribution in [0.2, 0.25) is 0 Å². The van der Waals surface area contributed by atoms with Crippen molar-refractivity contribution in [1.29, 1.82) is 0 Å². The van der Waals surface area contributed by atoms with E-state index in [9.17, 15) is 22.8 Å². The fourth-order valence-electron chi connectivity index (χ4n) is 5.04. The average molecular weight is 519 g/mol. The number of alkyl halides is 3. The summed E-state index contributed by atoms with van der Waals surface area (Å²) >= 11 is 0. The molecule has 0 bridgehead atoms. The van der Waals surface area contributed by atoms with E-state index in [1.807, 2.05) is 12.1 Å². The number of rotatable bonds is 3. The van der Waals surface area contributed by atoms with Gasteiger partial charge in [-0.3, -0.25) is 9.78 Å². The van der Waals surface area contributed by atoms with Gasteiger partial charge >= 0.3 is 12.1 Å². The molecule has 3 aromatic heterocycles. The maximum Gasteiger partial charge on any atom is 0.433 e. The summed E-state index contributed by atoms with van der Waals surface area (Å²) < 4.78 is 46.3. The number of benzene rings is 1. The van der Waals surface area contributed by atoms with Gasteiger partial charge < -0.3 is 9.64 Å². The van der Waals surface area contributed by atoms with Gasteiger partial charge in [-0.1, -0.05) is 18.2 Å². The Kier molecular flexibility index (Phi) is 5.51. The Bertz CT molecular complexity index is 1530. The molecule has 8 nitrogen and oxygen atoms in total. The molecule has 5 heterocycles. The fourth-order valence-corrected chi connectivity index (χ4v) is 5.04. The lowest BCUT2D eigenvalue weighted by Crippen LogP contribution is -2.45. The fraction of sp³-hybridized carbons (Fsp3) is 0.222. The molecule has 2 aliphatic rings. The first-order valence-corrected chi connectivity index (χ1v) is 11.9. The number of aromatic nitrogens is 4. The van der Waals surface area contributed by atoms with Crippen LogP contribution in [0.5, 0.6) is 0 Å². The Morgan fingerprint density at radius 1 is 1.00 bits per heavy atom. The molecular formula is C27H20F3N5O3. The van der Waals surface area contributed by atoms with Crippen LogP contribution >= 0.6 is 0 Å². The van der Waals surface area contributed by atoms with E-state index in [1.165, 1.54) is 10.7 Å². The number of carbonyl (C=O) groups is 2. The van der Waals surface area contributed by atoms with Gasteiger partial charge in [-0.05, 0) is 36.4 Å². The van der Waals surface area contributed by atoms with Crippen LogP contribution in [0.3, 0.4) is 0 Å². The Labute approximate surface area is 214 Å². The number of nitrogens with zero attached hydrogens (tertiary/aromatic N) is 5. The Morgan fingerprint density at radius 2 is 1.74 bits per heavy atom. The van der Waals surface area contributed by atoms with E-state index in [0.29, 0.717) is 42.8 Å². The summed E-state index contributed by atoms with van der Waals surface area (Å²) in [7, 11) is 0. The Balaban J connectivity index is 1.29. The highest BCUT2D eigenvalue weighted by molar-refractivity contribution is 5.95. The summed E-state index contributed by atoms with van der Waals surface area (Å²) in [5, 5.41) is 4.46. The second-order valence-corrected chi connectivity index (χ2v) is 9.18. The van der Waals surface area contributed by atoms with E-state index < -0.39 is 17.5 Å². The smallest absolute Gasteiger partial charge is 0.433 e. The van der Waals surface area contributed by atoms with E-state index in [4.69, 9.17) is 4.74 Å². The lowest BCUT2D eigenvalue weighted by atomic mass is 9.83. The molecule has 4 aromatic rings. The largest absolute Gasteiger partial charge is 0.450 e. The first kappa shape index (κ1) is 23.8. The number of hydrogen-bond donors (Lipinski definition) is 0. The van der Waals surface area contributed by atoms with Crippen LogP contribution in [-0.2, 0) is 16.5 Å². The molecule has 0 N–H and O–H groups in total. The third-order valence-electron chi connectivity index (χ3n) is 6.97. The Hall–Kier alpha value is -4.54. The number of halogens is 3. The third-order valence-corrected chi connectivity index (χ3v) is 6.97. The predicted molar refractivity (Wildman–Crippen MR) is 128 cm³/mol. The number of esters is 1. The second-order valence-electron chi connectivity index (χ2n) is 9.18. The van der Waals surface area contributed by atoms with Crippen molar-refractivity contribution < 1.29 is 27.5 Å². The van der Waals surface area contributed by atoms with E-state index in [-0.39, 0.29) is 23.3 Å². The molecule has 11 heteroatoms. The standard InChI is InChI=1S/C27H20F3N5O3/c28-27(29,30)23-6-5-18(16-32-23)35-22(17-7-11-31-12-8-17)15-21(33-35)24(36)34-13-9-26(10-14-34)20-4-2-1-3-19(20)25(37)38-26/h1-8,11-12,15-16H,9-10,13-14H2. The number of hydrogen-bond acceptors (Lipinski definition) is 6. The minimum Gasteiger partial charge on any atom is -0.450 e. The quantitative estimate of drug-likeness (QED) is 0.366. The molecule has 192 valence electrons. The summed E-state index contributed by atoms with van der Waals surface area (Å²) in [5.41, 5.74) is 1.22. The highest BCUT2D eigenvalue weighted by Gasteiger charge is 2.47. The number of ether oxygens (including phenoxy) is 1. The zero-order valence-corrected chi connectivity index (χ0v) is 19.9. The van der Waals surface area contributed by atoms with Gasteiger partial charge in [-0.15, -0.1) is 0 Å². The van der Waals surface area contributed by atoms with Crippen LogP contribution in [0.15, 0.2) is 73.2 Å². The van der Waals surface area contributed by atoms with Crippen molar-refractivity contribution in [3.63, 3.8) is 0 Å². The van der Waals surface area contributed by atoms with Crippen LogP contribution < -0.4 is 0 Å². The number of fused-ring (bicyclic) bond motifs is 2. The zero-order valence-electron chi connectivity index (χ0n) is 19.9. The van der Waals surface area contributed by atoms with E-state index in [0.717, 1.165) is 17.8 Å². The van der Waals surface area contributed by atoms with Crippen molar-refractivity contribution in [3.05, 3.63) is 95.7 Å². The van der Waals surface area contributed by atoms with Crippen molar-refractivity contribution in [3.8, 4) is 16.9 Å². The van der Waals surface area contributed by atoms with Crippen molar-refractivity contribution >= 4 is 11.9 Å². The maximum absolute atomic E-state index is 13.5. The number of pyridine rings is 2. The van der Waals surface area contributed by atoms with Gasteiger partial charge in [-0.2, -0.15) is 18.3 Å². The molecule has 0 unspecified atom stereocenters. The molecule has 0 aliphatic carbocycles. The monoisotopic (exact) mass is 519 g/mol. The zero-order chi connectivity index (χ0) is 26.5. The molecule has 0 saturated carbocycles. The van der Waals surface area contributed by atoms with Crippen LogP contribution in [-0.4, -0.2) is 49.6 Å². The average Bonchev–Trinajstić information content (AvgIpc) is 3.49. The van der Waals surface area contributed by atoms with Crippen molar-refractivity contribution in [2.75, 3.05) is 13.1 Å². The lowest BCUT2D eigenvalue weighted by Gasteiger charge is -2.38. The Morgan fingerprint density at radius 3 is 2.42 bits per heavy atom. The molecular weight excluding hydrogens is 499 g/mol. The van der Waals surface area contributed by atoms with Gasteiger partial charge in [0.05, 0.1) is 23.1 Å². The topological polar surface area (TPSA) is 90.2 Å². The molecule has 38 heavy (non-hydrogen) atoms. The van der Waals surface area contributed by atoms with Crippen molar-refractivity contribution in [2.45, 2.75) is 24.6 Å². The van der Waals surface area contributed by atoms with Gasteiger partial charge in [0.15, 0.2) is 5.69 Å². The first-order valence-electron chi connectivity index (χ1n) is 11.9. The van der Waals surface area contributed by atoms with Gasteiger partial charge in [-0.25, -0.2) is 14.5 Å². The summed E-state index contributed by atoms with van der Waals surface area (Å²) in [4.78, 5) is 35.1. The summed E-state index contributed by atoms with van der Waals surface area (Å²) in [6, 6.07) is 14.5. The molecule has 2 aliphatic heterocycles. The number of likely N-dealkylation sites (tertiary alicyclic amines) is 1. The molecule has 1 fully saturated rings.